The molecule has 0 unspecified atom stereocenters. The lowest BCUT2D eigenvalue weighted by Gasteiger charge is -2.18. The van der Waals surface area contributed by atoms with E-state index in [0.717, 1.165) is 12.0 Å². The highest BCUT2D eigenvalue weighted by Gasteiger charge is 2.11. The van der Waals surface area contributed by atoms with Gasteiger partial charge in [0.25, 0.3) is 0 Å². The van der Waals surface area contributed by atoms with Crippen LogP contribution in [-0.2, 0) is 19.3 Å². The van der Waals surface area contributed by atoms with Gasteiger partial charge in [-0.25, -0.2) is 0 Å². The van der Waals surface area contributed by atoms with Gasteiger partial charge in [0, 0.05) is 0 Å². The first kappa shape index (κ1) is 11.1. The van der Waals surface area contributed by atoms with E-state index in [2.05, 4.69) is 30.4 Å². The molecule has 0 atom stereocenters. The van der Waals surface area contributed by atoms with Crippen LogP contribution in [-0.4, -0.2) is 5.11 Å². The second-order valence-electron chi connectivity index (χ2n) is 4.76. The first-order chi connectivity index (χ1) is 8.83. The number of aryl methyl sites for hydroxylation is 2. The van der Waals surface area contributed by atoms with Crippen molar-refractivity contribution in [3.05, 3.63) is 70.8 Å². The topological polar surface area (TPSA) is 20.2 Å². The van der Waals surface area contributed by atoms with E-state index in [0.29, 0.717) is 5.75 Å². The molecule has 18 heavy (non-hydrogen) atoms. The number of phenols is 1. The van der Waals surface area contributed by atoms with Crippen LogP contribution in [0, 0.1) is 0 Å². The monoisotopic (exact) mass is 236 g/mol. The molecule has 0 aromatic heterocycles. The molecule has 0 saturated heterocycles. The summed E-state index contributed by atoms with van der Waals surface area (Å²) in [5, 5.41) is 9.66. The molecule has 0 heterocycles. The summed E-state index contributed by atoms with van der Waals surface area (Å²) in [6, 6.07) is 14.1. The van der Waals surface area contributed by atoms with Gasteiger partial charge >= 0.3 is 0 Å². The lowest BCUT2D eigenvalue weighted by Crippen LogP contribution is -2.07. The zero-order chi connectivity index (χ0) is 12.4. The fourth-order valence-corrected chi connectivity index (χ4v) is 2.32. The van der Waals surface area contributed by atoms with Gasteiger partial charge in [0.1, 0.15) is 5.75 Å². The van der Waals surface area contributed by atoms with E-state index in [-0.39, 0.29) is 0 Å². The molecule has 0 bridgehead atoms. The van der Waals surface area contributed by atoms with Crippen molar-refractivity contribution in [3.63, 3.8) is 0 Å². The van der Waals surface area contributed by atoms with Gasteiger partial charge in [-0.2, -0.15) is 0 Å². The molecule has 1 heteroatoms. The van der Waals surface area contributed by atoms with Crippen molar-refractivity contribution in [1.29, 1.82) is 0 Å². The lowest BCUT2D eigenvalue weighted by molar-refractivity contribution is 0.470. The van der Waals surface area contributed by atoms with Crippen LogP contribution in [0.15, 0.2) is 48.5 Å². The minimum absolute atomic E-state index is 0.374. The van der Waals surface area contributed by atoms with Crippen LogP contribution in [0.25, 0.3) is 6.08 Å². The van der Waals surface area contributed by atoms with Gasteiger partial charge in [0.05, 0.1) is 0 Å². The molecule has 0 spiro atoms. The standard InChI is InChI=1S/C17H16O/c18-17-7-2-1-5-15(17)6-3-4-13-8-9-14-10-11-16(14)12-13/h1-5,7-9,12,18H,6,10-11H2. The average Bonchev–Trinajstić information content (AvgIpc) is 2.35. The van der Waals surface area contributed by atoms with E-state index in [1.54, 1.807) is 6.07 Å². The molecule has 2 aromatic rings. The Kier molecular flexibility index (Phi) is 2.89. The molecule has 0 aliphatic heterocycles. The Labute approximate surface area is 107 Å². The van der Waals surface area contributed by atoms with Crippen LogP contribution in [0.1, 0.15) is 22.3 Å². The molecule has 0 radical (unpaired) electrons. The number of rotatable bonds is 3. The average molecular weight is 236 g/mol. The first-order valence-electron chi connectivity index (χ1n) is 6.38. The van der Waals surface area contributed by atoms with Crippen LogP contribution in [0.4, 0.5) is 0 Å². The normalized spacial score (nSPS) is 13.3. The van der Waals surface area contributed by atoms with Crippen LogP contribution in [0.3, 0.4) is 0 Å². The summed E-state index contributed by atoms with van der Waals surface area (Å²) in [7, 11) is 0. The largest absolute Gasteiger partial charge is 0.508 e. The van der Waals surface area contributed by atoms with Gasteiger partial charge in [-0.1, -0.05) is 48.6 Å². The summed E-state index contributed by atoms with van der Waals surface area (Å²) in [4.78, 5) is 0. The van der Waals surface area contributed by atoms with E-state index in [1.807, 2.05) is 18.2 Å². The van der Waals surface area contributed by atoms with Gasteiger partial charge in [-0.3, -0.25) is 0 Å². The Balaban J connectivity index is 1.71. The van der Waals surface area contributed by atoms with E-state index in [9.17, 15) is 5.11 Å². The summed E-state index contributed by atoms with van der Waals surface area (Å²) in [6.07, 6.45) is 7.46. The van der Waals surface area contributed by atoms with E-state index < -0.39 is 0 Å². The maximum absolute atomic E-state index is 9.66. The van der Waals surface area contributed by atoms with Crippen LogP contribution >= 0.6 is 0 Å². The van der Waals surface area contributed by atoms with Crippen LogP contribution in [0.2, 0.25) is 0 Å². The predicted molar refractivity (Wildman–Crippen MR) is 74.7 cm³/mol. The Bertz CT molecular complexity index is 596. The summed E-state index contributed by atoms with van der Waals surface area (Å²) in [5.74, 6) is 0.374. The summed E-state index contributed by atoms with van der Waals surface area (Å²) < 4.78 is 0. The molecule has 1 nitrogen and oxygen atoms in total. The lowest BCUT2D eigenvalue weighted by atomic mass is 9.87. The molecule has 3 rings (SSSR count). The Hall–Kier alpha value is -2.02. The zero-order valence-electron chi connectivity index (χ0n) is 10.3. The number of aromatic hydroxyl groups is 1. The summed E-state index contributed by atoms with van der Waals surface area (Å²) in [6.45, 7) is 0. The molecule has 1 aliphatic rings. The smallest absolute Gasteiger partial charge is 0.119 e. The number of benzene rings is 2. The third-order valence-electron chi connectivity index (χ3n) is 3.53. The van der Waals surface area contributed by atoms with Crippen molar-refractivity contribution in [2.24, 2.45) is 0 Å². The molecule has 0 fully saturated rings. The van der Waals surface area contributed by atoms with Crippen molar-refractivity contribution >= 4 is 6.08 Å². The Morgan fingerprint density at radius 3 is 2.56 bits per heavy atom. The minimum atomic E-state index is 0.374. The number of para-hydroxylation sites is 1. The van der Waals surface area contributed by atoms with Crippen molar-refractivity contribution < 1.29 is 5.11 Å². The van der Waals surface area contributed by atoms with Crippen molar-refractivity contribution in [1.82, 2.24) is 0 Å². The van der Waals surface area contributed by atoms with Crippen LogP contribution < -0.4 is 0 Å². The fraction of sp³-hybridized carbons (Fsp3) is 0.176. The summed E-state index contributed by atoms with van der Waals surface area (Å²) in [5.41, 5.74) is 5.20. The third kappa shape index (κ3) is 2.17. The van der Waals surface area contributed by atoms with Gasteiger partial charge in [-0.05, 0) is 47.6 Å². The molecule has 90 valence electrons. The quantitative estimate of drug-likeness (QED) is 0.860. The summed E-state index contributed by atoms with van der Waals surface area (Å²) >= 11 is 0. The maximum atomic E-state index is 9.66. The van der Waals surface area contributed by atoms with E-state index >= 15 is 0 Å². The first-order valence-corrected chi connectivity index (χ1v) is 6.38. The van der Waals surface area contributed by atoms with E-state index in [1.165, 1.54) is 29.5 Å². The molecule has 2 aromatic carbocycles. The molecule has 1 aliphatic carbocycles. The maximum Gasteiger partial charge on any atom is 0.119 e. The van der Waals surface area contributed by atoms with Crippen molar-refractivity contribution in [3.8, 4) is 5.75 Å². The third-order valence-corrected chi connectivity index (χ3v) is 3.53. The zero-order valence-corrected chi connectivity index (χ0v) is 10.3. The van der Waals surface area contributed by atoms with Crippen molar-refractivity contribution in [2.75, 3.05) is 0 Å². The van der Waals surface area contributed by atoms with E-state index in [4.69, 9.17) is 0 Å². The molecule has 0 amide bonds. The number of hydrogen-bond donors (Lipinski definition) is 1. The number of hydrogen-bond acceptors (Lipinski definition) is 1. The van der Waals surface area contributed by atoms with Crippen molar-refractivity contribution in [2.45, 2.75) is 19.3 Å². The number of fused-ring (bicyclic) bond motifs is 1. The number of allylic oxidation sites excluding steroid dienone is 1. The molecule has 1 N–H and O–H groups in total. The SMILES string of the molecule is Oc1ccccc1CC=Cc1ccc2c(c1)CC2. The fourth-order valence-electron chi connectivity index (χ4n) is 2.32. The predicted octanol–water partition coefficient (Wildman–Crippen LogP) is 3.75. The molecular formula is C17H16O. The van der Waals surface area contributed by atoms with Crippen LogP contribution in [0.5, 0.6) is 5.75 Å². The Morgan fingerprint density at radius 2 is 1.83 bits per heavy atom. The van der Waals surface area contributed by atoms with Gasteiger partial charge in [-0.15, -0.1) is 0 Å². The second kappa shape index (κ2) is 4.69. The Morgan fingerprint density at radius 1 is 1.00 bits per heavy atom. The number of phenolic OH excluding ortho intramolecular Hbond substituents is 1. The molecule has 0 saturated carbocycles. The van der Waals surface area contributed by atoms with Gasteiger partial charge < -0.3 is 5.11 Å². The van der Waals surface area contributed by atoms with Gasteiger partial charge in [0.15, 0.2) is 0 Å². The second-order valence-corrected chi connectivity index (χ2v) is 4.76. The highest BCUT2D eigenvalue weighted by molar-refractivity contribution is 5.54. The van der Waals surface area contributed by atoms with Gasteiger partial charge in [0.2, 0.25) is 0 Å². The molecular weight excluding hydrogens is 220 g/mol. The highest BCUT2D eigenvalue weighted by Crippen LogP contribution is 2.24. The minimum Gasteiger partial charge on any atom is -0.508 e. The highest BCUT2D eigenvalue weighted by atomic mass is 16.3.